The Kier molecular flexibility index (Phi) is 3.96. The van der Waals surface area contributed by atoms with E-state index in [0.717, 1.165) is 16.8 Å². The Morgan fingerprint density at radius 2 is 2.07 bits per heavy atom. The maximum Gasteiger partial charge on any atom is 0.225 e. The number of anilines is 3. The lowest BCUT2D eigenvalue weighted by Crippen LogP contribution is -2.10. The second-order valence-corrected chi connectivity index (χ2v) is 7.15. The predicted octanol–water partition coefficient (Wildman–Crippen LogP) is 4.42. The van der Waals surface area contributed by atoms with E-state index < -0.39 is 6.17 Å². The van der Waals surface area contributed by atoms with Gasteiger partial charge in [-0.1, -0.05) is 6.07 Å². The van der Waals surface area contributed by atoms with E-state index in [2.05, 4.69) is 67.0 Å². The molecule has 3 atom stereocenters. The summed E-state index contributed by atoms with van der Waals surface area (Å²) in [6.07, 6.45) is 3.43. The summed E-state index contributed by atoms with van der Waals surface area (Å²) in [5.41, 5.74) is 3.08. The summed E-state index contributed by atoms with van der Waals surface area (Å²) in [5, 5.41) is 14.7. The highest BCUT2D eigenvalue weighted by atomic mass is 19.1. The molecule has 3 aromatic heterocycles. The molecule has 0 bridgehead atoms. The third kappa shape index (κ3) is 3.28. The van der Waals surface area contributed by atoms with Crippen LogP contribution in [0.15, 0.2) is 48.8 Å². The zero-order valence-electron chi connectivity index (χ0n) is 15.3. The lowest BCUT2D eigenvalue weighted by Gasteiger charge is -2.15. The number of nitrogens with zero attached hydrogens (tertiary/aromatic N) is 3. The molecule has 0 radical (unpaired) electrons. The minimum Gasteiger partial charge on any atom is -0.361 e. The van der Waals surface area contributed by atoms with Crippen LogP contribution in [0.1, 0.15) is 36.6 Å². The van der Waals surface area contributed by atoms with Gasteiger partial charge < -0.3 is 15.6 Å². The molecule has 8 heteroatoms. The zero-order chi connectivity index (χ0) is 19.1. The van der Waals surface area contributed by atoms with Gasteiger partial charge in [-0.05, 0) is 48.6 Å². The van der Waals surface area contributed by atoms with Crippen molar-refractivity contribution in [3.05, 3.63) is 60.0 Å². The number of halogens is 1. The summed E-state index contributed by atoms with van der Waals surface area (Å²) in [6.45, 7) is 2.07. The van der Waals surface area contributed by atoms with Crippen molar-refractivity contribution in [3.63, 3.8) is 0 Å². The summed E-state index contributed by atoms with van der Waals surface area (Å²) in [5.74, 6) is 1.71. The molecule has 142 valence electrons. The van der Waals surface area contributed by atoms with Gasteiger partial charge in [0.15, 0.2) is 5.82 Å². The number of benzene rings is 1. The van der Waals surface area contributed by atoms with E-state index in [-0.39, 0.29) is 12.0 Å². The fraction of sp³-hybridized carbons (Fsp3) is 0.250. The van der Waals surface area contributed by atoms with Crippen molar-refractivity contribution in [2.24, 2.45) is 0 Å². The van der Waals surface area contributed by atoms with Gasteiger partial charge in [-0.3, -0.25) is 5.10 Å². The molecule has 1 aliphatic carbocycles. The van der Waals surface area contributed by atoms with Gasteiger partial charge >= 0.3 is 0 Å². The zero-order valence-corrected chi connectivity index (χ0v) is 15.3. The number of hydrogen-bond donors (Lipinski definition) is 4. The fourth-order valence-corrected chi connectivity index (χ4v) is 3.32. The average Bonchev–Trinajstić information content (AvgIpc) is 3.09. The van der Waals surface area contributed by atoms with Crippen LogP contribution in [-0.4, -0.2) is 31.3 Å². The smallest absolute Gasteiger partial charge is 0.225 e. The van der Waals surface area contributed by atoms with Gasteiger partial charge in [-0.15, -0.1) is 0 Å². The molecule has 1 aliphatic rings. The first-order valence-electron chi connectivity index (χ1n) is 9.29. The first-order valence-corrected chi connectivity index (χ1v) is 9.29. The first kappa shape index (κ1) is 16.7. The maximum absolute atomic E-state index is 13.2. The molecular weight excluding hydrogens is 357 g/mol. The molecule has 1 aromatic carbocycles. The van der Waals surface area contributed by atoms with Crippen LogP contribution in [-0.2, 0) is 0 Å². The Balaban J connectivity index is 1.29. The van der Waals surface area contributed by atoms with E-state index in [1.165, 1.54) is 5.39 Å². The predicted molar refractivity (Wildman–Crippen MR) is 106 cm³/mol. The van der Waals surface area contributed by atoms with Crippen molar-refractivity contribution < 1.29 is 4.39 Å². The number of aromatic amines is 2. The normalized spacial score (nSPS) is 19.5. The monoisotopic (exact) mass is 377 g/mol. The summed E-state index contributed by atoms with van der Waals surface area (Å²) in [7, 11) is 0. The molecule has 4 aromatic rings. The number of alkyl halides is 1. The van der Waals surface area contributed by atoms with Crippen molar-refractivity contribution in [2.45, 2.75) is 31.5 Å². The van der Waals surface area contributed by atoms with E-state index in [4.69, 9.17) is 0 Å². The van der Waals surface area contributed by atoms with E-state index in [1.807, 2.05) is 12.3 Å². The van der Waals surface area contributed by atoms with Crippen LogP contribution in [0.3, 0.4) is 0 Å². The van der Waals surface area contributed by atoms with Crippen molar-refractivity contribution in [1.29, 1.82) is 0 Å². The lowest BCUT2D eigenvalue weighted by atomic mass is 10.1. The molecule has 7 nitrogen and oxygen atoms in total. The van der Waals surface area contributed by atoms with Gasteiger partial charge in [0, 0.05) is 35.6 Å². The molecule has 1 saturated carbocycles. The molecule has 0 amide bonds. The van der Waals surface area contributed by atoms with E-state index in [0.29, 0.717) is 24.0 Å². The second kappa shape index (κ2) is 6.63. The lowest BCUT2D eigenvalue weighted by molar-refractivity contribution is 0.466. The van der Waals surface area contributed by atoms with Crippen LogP contribution in [0.5, 0.6) is 0 Å². The molecule has 0 saturated heterocycles. The van der Waals surface area contributed by atoms with Gasteiger partial charge in [-0.25, -0.2) is 9.37 Å². The van der Waals surface area contributed by atoms with Crippen molar-refractivity contribution in [3.8, 4) is 0 Å². The molecule has 0 aliphatic heterocycles. The summed E-state index contributed by atoms with van der Waals surface area (Å²) in [4.78, 5) is 12.0. The summed E-state index contributed by atoms with van der Waals surface area (Å²) in [6, 6.07) is 12.0. The van der Waals surface area contributed by atoms with Crippen molar-refractivity contribution >= 4 is 28.5 Å². The molecule has 28 heavy (non-hydrogen) atoms. The Morgan fingerprint density at radius 3 is 2.93 bits per heavy atom. The molecule has 3 heterocycles. The Morgan fingerprint density at radius 1 is 1.18 bits per heavy atom. The van der Waals surface area contributed by atoms with Crippen molar-refractivity contribution in [2.75, 3.05) is 10.6 Å². The Bertz CT molecular complexity index is 1120. The largest absolute Gasteiger partial charge is 0.361 e. The van der Waals surface area contributed by atoms with Gasteiger partial charge in [-0.2, -0.15) is 10.1 Å². The topological polar surface area (TPSA) is 94.3 Å². The molecule has 0 spiro atoms. The molecule has 5 rings (SSSR count). The van der Waals surface area contributed by atoms with Crippen LogP contribution in [0.25, 0.3) is 10.9 Å². The van der Waals surface area contributed by atoms with Crippen LogP contribution < -0.4 is 10.6 Å². The number of aromatic nitrogens is 5. The highest BCUT2D eigenvalue weighted by Gasteiger charge is 2.40. The summed E-state index contributed by atoms with van der Waals surface area (Å²) < 4.78 is 13.2. The SMILES string of the molecule is C[C@H](Nc1nccc(Nc2cc([C@H]3C[C@@H]3F)[nH]n2)n1)c1ccc2[nH]ccc2c1. The molecule has 0 unspecified atom stereocenters. The highest BCUT2D eigenvalue weighted by molar-refractivity contribution is 5.80. The van der Waals surface area contributed by atoms with E-state index in [1.54, 1.807) is 12.3 Å². The number of rotatable bonds is 6. The third-order valence-electron chi connectivity index (χ3n) is 5.04. The minimum absolute atomic E-state index is 0.0443. The molecule has 1 fully saturated rings. The van der Waals surface area contributed by atoms with Crippen LogP contribution >= 0.6 is 0 Å². The summed E-state index contributed by atoms with van der Waals surface area (Å²) >= 11 is 0. The first-order chi connectivity index (χ1) is 13.7. The average molecular weight is 377 g/mol. The van der Waals surface area contributed by atoms with E-state index >= 15 is 0 Å². The molecular formula is C20H20FN7. The number of H-pyrrole nitrogens is 2. The van der Waals surface area contributed by atoms with E-state index in [9.17, 15) is 4.39 Å². The minimum atomic E-state index is -0.755. The second-order valence-electron chi connectivity index (χ2n) is 7.15. The molecule has 4 N–H and O–H groups in total. The van der Waals surface area contributed by atoms with Gasteiger partial charge in [0.1, 0.15) is 12.0 Å². The van der Waals surface area contributed by atoms with Gasteiger partial charge in [0.2, 0.25) is 5.95 Å². The number of hydrogen-bond acceptors (Lipinski definition) is 5. The van der Waals surface area contributed by atoms with Crippen LogP contribution in [0.2, 0.25) is 0 Å². The third-order valence-corrected chi connectivity index (χ3v) is 5.04. The standard InChI is InChI=1S/C20H20FN7/c1-11(12-2-3-16-13(8-12)4-6-22-16)24-20-23-7-5-18(26-20)25-19-10-17(27-28-19)14-9-15(14)21/h2-8,10-11,14-15,22H,9H2,1H3,(H3,23,24,25,26,27,28)/t11-,14-,15-/m0/s1. The Labute approximate surface area is 160 Å². The number of nitrogens with one attached hydrogen (secondary N) is 4. The number of fused-ring (bicyclic) bond motifs is 1. The van der Waals surface area contributed by atoms with Gasteiger partial charge in [0.05, 0.1) is 6.04 Å². The highest BCUT2D eigenvalue weighted by Crippen LogP contribution is 2.43. The Hall–Kier alpha value is -3.42. The quantitative estimate of drug-likeness (QED) is 0.399. The fourth-order valence-electron chi connectivity index (χ4n) is 3.32. The maximum atomic E-state index is 13.2. The van der Waals surface area contributed by atoms with Crippen LogP contribution in [0.4, 0.5) is 22.0 Å². The van der Waals surface area contributed by atoms with Gasteiger partial charge in [0.25, 0.3) is 0 Å². The van der Waals surface area contributed by atoms with Crippen molar-refractivity contribution in [1.82, 2.24) is 25.1 Å². The van der Waals surface area contributed by atoms with Crippen LogP contribution in [0, 0.1) is 0 Å².